The Hall–Kier alpha value is -4.46. The molecule has 2 amide bonds. The van der Waals surface area contributed by atoms with Crippen LogP contribution in [0.15, 0.2) is 48.7 Å². The van der Waals surface area contributed by atoms with E-state index in [1.807, 2.05) is 0 Å². The molecule has 14 heteroatoms. The van der Waals surface area contributed by atoms with Crippen molar-refractivity contribution in [3.63, 3.8) is 0 Å². The first-order chi connectivity index (χ1) is 19.0. The normalized spacial score (nSPS) is 13.8. The van der Waals surface area contributed by atoms with Gasteiger partial charge in [-0.2, -0.15) is 18.3 Å². The van der Waals surface area contributed by atoms with Crippen molar-refractivity contribution < 1.29 is 31.5 Å². The Labute approximate surface area is 225 Å². The van der Waals surface area contributed by atoms with Gasteiger partial charge in [-0.3, -0.25) is 9.59 Å². The lowest BCUT2D eigenvalue weighted by molar-refractivity contribution is -0.142. The van der Waals surface area contributed by atoms with Gasteiger partial charge in [0.2, 0.25) is 0 Å². The highest BCUT2D eigenvalue weighted by Gasteiger charge is 2.38. The second kappa shape index (κ2) is 9.33. The molecule has 5 aromatic rings. The third kappa shape index (κ3) is 4.43. The molecule has 1 aliphatic rings. The highest BCUT2D eigenvalue weighted by Crippen LogP contribution is 2.44. The number of benzene rings is 1. The van der Waals surface area contributed by atoms with Crippen molar-refractivity contribution in [1.29, 1.82) is 0 Å². The minimum absolute atomic E-state index is 0.0223. The Balaban J connectivity index is 1.53. The van der Waals surface area contributed by atoms with Gasteiger partial charge in [0.25, 0.3) is 18.2 Å². The standard InChI is InChI=1S/C26H17F5N6O2S/c27-21(28)16-8-13(11-4-2-1-3-5-11)18-19(20(22(32)38)40-25(18)35-16)36-24(39)14-10-33-37-17(26(29,30)31)9-15(12-6-7-12)34-23(14)37/h1-5,8-10,12,21H,6-7H2,(H2,32,38)(H,36,39). The van der Waals surface area contributed by atoms with Crippen LogP contribution in [0, 0.1) is 0 Å². The summed E-state index contributed by atoms with van der Waals surface area (Å²) in [6.07, 6.45) is -5.37. The first-order valence-electron chi connectivity index (χ1n) is 11.9. The molecule has 0 aliphatic heterocycles. The van der Waals surface area contributed by atoms with E-state index in [9.17, 15) is 31.5 Å². The third-order valence-electron chi connectivity index (χ3n) is 6.47. The molecule has 1 aromatic carbocycles. The van der Waals surface area contributed by atoms with Crippen molar-refractivity contribution in [2.24, 2.45) is 5.73 Å². The van der Waals surface area contributed by atoms with E-state index in [-0.39, 0.29) is 49.2 Å². The van der Waals surface area contributed by atoms with E-state index in [4.69, 9.17) is 5.73 Å². The largest absolute Gasteiger partial charge is 0.433 e. The summed E-state index contributed by atoms with van der Waals surface area (Å²) in [4.78, 5) is 34.0. The van der Waals surface area contributed by atoms with Crippen LogP contribution in [0.1, 0.15) is 62.3 Å². The van der Waals surface area contributed by atoms with E-state index in [2.05, 4.69) is 20.4 Å². The maximum absolute atomic E-state index is 13.8. The van der Waals surface area contributed by atoms with E-state index < -0.39 is 35.8 Å². The molecule has 0 radical (unpaired) electrons. The first-order valence-corrected chi connectivity index (χ1v) is 12.7. The van der Waals surface area contributed by atoms with E-state index in [1.165, 1.54) is 0 Å². The summed E-state index contributed by atoms with van der Waals surface area (Å²) in [6.45, 7) is 0. The fraction of sp³-hybridized carbons (Fsp3) is 0.192. The van der Waals surface area contributed by atoms with E-state index in [1.54, 1.807) is 30.3 Å². The lowest BCUT2D eigenvalue weighted by Gasteiger charge is -2.12. The van der Waals surface area contributed by atoms with Crippen molar-refractivity contribution in [3.05, 3.63) is 76.2 Å². The Morgan fingerprint density at radius 3 is 2.45 bits per heavy atom. The average molecular weight is 573 g/mol. The zero-order valence-electron chi connectivity index (χ0n) is 20.2. The van der Waals surface area contributed by atoms with Gasteiger partial charge in [0.15, 0.2) is 5.65 Å². The zero-order chi connectivity index (χ0) is 28.3. The van der Waals surface area contributed by atoms with Crippen LogP contribution in [0.2, 0.25) is 0 Å². The van der Waals surface area contributed by atoms with Gasteiger partial charge < -0.3 is 11.1 Å². The number of hydrogen-bond acceptors (Lipinski definition) is 6. The fourth-order valence-corrected chi connectivity index (χ4v) is 5.49. The number of pyridine rings is 1. The molecule has 0 saturated heterocycles. The van der Waals surface area contributed by atoms with Gasteiger partial charge in [-0.25, -0.2) is 23.3 Å². The van der Waals surface area contributed by atoms with Crippen molar-refractivity contribution in [2.45, 2.75) is 31.4 Å². The summed E-state index contributed by atoms with van der Waals surface area (Å²) in [5.41, 5.74) is 4.22. The Morgan fingerprint density at radius 2 is 1.82 bits per heavy atom. The van der Waals surface area contributed by atoms with E-state index in [0.29, 0.717) is 34.3 Å². The topological polar surface area (TPSA) is 115 Å². The molecule has 0 bridgehead atoms. The van der Waals surface area contributed by atoms with E-state index in [0.717, 1.165) is 18.3 Å². The Morgan fingerprint density at radius 1 is 1.10 bits per heavy atom. The molecule has 1 aliphatic carbocycles. The molecule has 3 N–H and O–H groups in total. The van der Waals surface area contributed by atoms with Gasteiger partial charge in [0.1, 0.15) is 26.7 Å². The molecular weight excluding hydrogens is 555 g/mol. The molecular formula is C26H17F5N6O2S. The Kier molecular flexibility index (Phi) is 6.02. The quantitative estimate of drug-likeness (QED) is 0.236. The number of halogens is 5. The SMILES string of the molecule is NC(=O)c1sc2nc(C(F)F)cc(-c3ccccc3)c2c1NC(=O)c1cnn2c(C(F)(F)F)cc(C3CC3)nc12. The number of alkyl halides is 5. The second-order valence-electron chi connectivity index (χ2n) is 9.20. The van der Waals surface area contributed by atoms with Gasteiger partial charge >= 0.3 is 6.18 Å². The van der Waals surface area contributed by atoms with Crippen molar-refractivity contribution in [1.82, 2.24) is 19.6 Å². The summed E-state index contributed by atoms with van der Waals surface area (Å²) >= 11 is 0.717. The van der Waals surface area contributed by atoms with Crippen molar-refractivity contribution in [2.75, 3.05) is 5.32 Å². The number of primary amides is 1. The predicted molar refractivity (Wildman–Crippen MR) is 136 cm³/mol. The lowest BCUT2D eigenvalue weighted by Crippen LogP contribution is -2.18. The van der Waals surface area contributed by atoms with Gasteiger partial charge in [-0.05, 0) is 36.1 Å². The first kappa shape index (κ1) is 25.8. The minimum atomic E-state index is -4.76. The molecule has 204 valence electrons. The highest BCUT2D eigenvalue weighted by molar-refractivity contribution is 7.21. The average Bonchev–Trinajstić information content (AvgIpc) is 3.57. The fourth-order valence-electron chi connectivity index (χ4n) is 4.48. The van der Waals surface area contributed by atoms with Crippen LogP contribution in [0.4, 0.5) is 27.6 Å². The summed E-state index contributed by atoms with van der Waals surface area (Å²) in [5.74, 6) is -2.02. The molecule has 4 heterocycles. The number of amides is 2. The number of thiophene rings is 1. The molecule has 0 unspecified atom stereocenters. The number of hydrogen-bond donors (Lipinski definition) is 2. The number of fused-ring (bicyclic) bond motifs is 2. The van der Waals surface area contributed by atoms with Crippen LogP contribution < -0.4 is 11.1 Å². The smallest absolute Gasteiger partial charge is 0.365 e. The summed E-state index contributed by atoms with van der Waals surface area (Å²) in [5, 5.41) is 6.50. The summed E-state index contributed by atoms with van der Waals surface area (Å²) in [6, 6.07) is 10.5. The van der Waals surface area contributed by atoms with Gasteiger partial charge in [0.05, 0.1) is 11.9 Å². The number of carbonyl (C=O) groups excluding carboxylic acids is 2. The van der Waals surface area contributed by atoms with Gasteiger partial charge in [-0.1, -0.05) is 30.3 Å². The molecule has 0 spiro atoms. The number of nitrogens with two attached hydrogens (primary N) is 1. The van der Waals surface area contributed by atoms with Crippen LogP contribution >= 0.6 is 11.3 Å². The Bertz CT molecular complexity index is 1810. The minimum Gasteiger partial charge on any atom is -0.365 e. The second-order valence-corrected chi connectivity index (χ2v) is 10.2. The molecule has 40 heavy (non-hydrogen) atoms. The number of anilines is 1. The molecule has 0 atom stereocenters. The van der Waals surface area contributed by atoms with E-state index >= 15 is 0 Å². The molecule has 1 saturated carbocycles. The monoisotopic (exact) mass is 572 g/mol. The molecule has 6 rings (SSSR count). The third-order valence-corrected chi connectivity index (χ3v) is 7.57. The predicted octanol–water partition coefficient (Wildman–Crippen LogP) is 6.19. The van der Waals surface area contributed by atoms with Crippen LogP contribution in [-0.2, 0) is 6.18 Å². The van der Waals surface area contributed by atoms with Crippen molar-refractivity contribution >= 4 is 44.7 Å². The maximum Gasteiger partial charge on any atom is 0.433 e. The summed E-state index contributed by atoms with van der Waals surface area (Å²) in [7, 11) is 0. The number of carbonyl (C=O) groups is 2. The van der Waals surface area contributed by atoms with Crippen LogP contribution in [-0.4, -0.2) is 31.4 Å². The molecule has 4 aromatic heterocycles. The number of aromatic nitrogens is 4. The number of rotatable bonds is 6. The van der Waals surface area contributed by atoms with Crippen molar-refractivity contribution in [3.8, 4) is 11.1 Å². The van der Waals surface area contributed by atoms with Crippen LogP contribution in [0.3, 0.4) is 0 Å². The number of nitrogens with zero attached hydrogens (tertiary/aromatic N) is 4. The van der Waals surface area contributed by atoms with Gasteiger partial charge in [-0.15, -0.1) is 11.3 Å². The number of nitrogens with one attached hydrogen (secondary N) is 1. The van der Waals surface area contributed by atoms with Gasteiger partial charge in [0, 0.05) is 17.0 Å². The van der Waals surface area contributed by atoms with Crippen LogP contribution in [0.5, 0.6) is 0 Å². The maximum atomic E-state index is 13.8. The van der Waals surface area contributed by atoms with Crippen LogP contribution in [0.25, 0.3) is 27.0 Å². The molecule has 8 nitrogen and oxygen atoms in total. The molecule has 1 fully saturated rings. The lowest BCUT2D eigenvalue weighted by atomic mass is 10.0. The zero-order valence-corrected chi connectivity index (χ0v) is 21.0. The summed E-state index contributed by atoms with van der Waals surface area (Å²) < 4.78 is 69.4. The highest BCUT2D eigenvalue weighted by atomic mass is 32.1.